The molecule has 130 valence electrons. The number of rotatable bonds is 6. The highest BCUT2D eigenvalue weighted by molar-refractivity contribution is 5.96. The summed E-state index contributed by atoms with van der Waals surface area (Å²) in [7, 11) is 0. The van der Waals surface area contributed by atoms with Gasteiger partial charge in [0, 0.05) is 18.0 Å². The fourth-order valence-corrected chi connectivity index (χ4v) is 3.12. The topological polar surface area (TPSA) is 58.4 Å². The maximum absolute atomic E-state index is 12.3. The molecule has 0 radical (unpaired) electrons. The predicted molar refractivity (Wildman–Crippen MR) is 95.3 cm³/mol. The van der Waals surface area contributed by atoms with Crippen molar-refractivity contribution in [3.05, 3.63) is 29.7 Å². The minimum atomic E-state index is -0.0435. The maximum Gasteiger partial charge on any atom is 0.251 e. The van der Waals surface area contributed by atoms with E-state index in [1.54, 1.807) is 6.07 Å². The average Bonchev–Trinajstić information content (AvgIpc) is 3.03. The molecular formula is C19H27N3O2. The van der Waals surface area contributed by atoms with Crippen molar-refractivity contribution in [1.82, 2.24) is 15.2 Å². The number of likely N-dealkylation sites (tertiary alicyclic amines) is 1. The Balaban J connectivity index is 1.51. The molecule has 1 amide bonds. The van der Waals surface area contributed by atoms with Crippen molar-refractivity contribution in [3.8, 4) is 0 Å². The van der Waals surface area contributed by atoms with Crippen molar-refractivity contribution in [3.63, 3.8) is 0 Å². The molecule has 0 saturated carbocycles. The highest BCUT2D eigenvalue weighted by atomic mass is 16.3. The SMILES string of the molecule is CC(C)c1nc2ccc(C(=O)NCCCN3CCCCC3)cc2o1. The summed E-state index contributed by atoms with van der Waals surface area (Å²) in [5, 5.41) is 3.01. The summed E-state index contributed by atoms with van der Waals surface area (Å²) in [5.41, 5.74) is 2.12. The quantitative estimate of drug-likeness (QED) is 0.823. The summed E-state index contributed by atoms with van der Waals surface area (Å²) in [4.78, 5) is 19.2. The van der Waals surface area contributed by atoms with Crippen LogP contribution in [0.15, 0.2) is 22.6 Å². The molecule has 5 nitrogen and oxygen atoms in total. The van der Waals surface area contributed by atoms with Crippen molar-refractivity contribution in [2.24, 2.45) is 0 Å². The molecule has 1 aliphatic heterocycles. The normalized spacial score (nSPS) is 16.0. The Labute approximate surface area is 143 Å². The van der Waals surface area contributed by atoms with Gasteiger partial charge in [0.2, 0.25) is 0 Å². The fraction of sp³-hybridized carbons (Fsp3) is 0.579. The van der Waals surface area contributed by atoms with Crippen molar-refractivity contribution in [2.75, 3.05) is 26.2 Å². The molecule has 0 aliphatic carbocycles. The summed E-state index contributed by atoms with van der Waals surface area (Å²) in [6, 6.07) is 5.45. The Hall–Kier alpha value is -1.88. The smallest absolute Gasteiger partial charge is 0.251 e. The molecule has 0 atom stereocenters. The predicted octanol–water partition coefficient (Wildman–Crippen LogP) is 3.56. The fourth-order valence-electron chi connectivity index (χ4n) is 3.12. The zero-order valence-electron chi connectivity index (χ0n) is 14.7. The lowest BCUT2D eigenvalue weighted by Gasteiger charge is -2.26. The molecule has 0 spiro atoms. The Bertz CT molecular complexity index is 687. The number of aromatic nitrogens is 1. The average molecular weight is 329 g/mol. The highest BCUT2D eigenvalue weighted by Crippen LogP contribution is 2.22. The number of hydrogen-bond acceptors (Lipinski definition) is 4. The summed E-state index contributed by atoms with van der Waals surface area (Å²) in [6.07, 6.45) is 4.97. The van der Waals surface area contributed by atoms with E-state index in [2.05, 4.69) is 15.2 Å². The number of carbonyl (C=O) groups is 1. The molecule has 0 unspecified atom stereocenters. The van der Waals surface area contributed by atoms with Gasteiger partial charge in [-0.3, -0.25) is 4.79 Å². The van der Waals surface area contributed by atoms with Gasteiger partial charge in [-0.15, -0.1) is 0 Å². The number of carbonyl (C=O) groups excluding carboxylic acids is 1. The van der Waals surface area contributed by atoms with Crippen molar-refractivity contribution in [1.29, 1.82) is 0 Å². The maximum atomic E-state index is 12.3. The van der Waals surface area contributed by atoms with E-state index in [0.29, 0.717) is 23.6 Å². The first-order chi connectivity index (χ1) is 11.6. The summed E-state index contributed by atoms with van der Waals surface area (Å²) >= 11 is 0. The Morgan fingerprint density at radius 2 is 2.08 bits per heavy atom. The van der Waals surface area contributed by atoms with E-state index in [1.807, 2.05) is 26.0 Å². The van der Waals surface area contributed by atoms with Crippen LogP contribution < -0.4 is 5.32 Å². The molecule has 1 saturated heterocycles. The van der Waals surface area contributed by atoms with Gasteiger partial charge in [-0.2, -0.15) is 0 Å². The molecular weight excluding hydrogens is 302 g/mol. The molecule has 1 N–H and O–H groups in total. The van der Waals surface area contributed by atoms with E-state index in [4.69, 9.17) is 4.42 Å². The lowest BCUT2D eigenvalue weighted by Crippen LogP contribution is -2.33. The van der Waals surface area contributed by atoms with Crippen molar-refractivity contribution >= 4 is 17.0 Å². The van der Waals surface area contributed by atoms with Crippen molar-refractivity contribution < 1.29 is 9.21 Å². The molecule has 1 aromatic carbocycles. The van der Waals surface area contributed by atoms with Gasteiger partial charge in [0.15, 0.2) is 11.5 Å². The Morgan fingerprint density at radius 3 is 2.83 bits per heavy atom. The molecule has 0 bridgehead atoms. The molecule has 1 fully saturated rings. The largest absolute Gasteiger partial charge is 0.440 e. The first-order valence-corrected chi connectivity index (χ1v) is 9.04. The first kappa shape index (κ1) is 17.0. The first-order valence-electron chi connectivity index (χ1n) is 9.04. The molecule has 5 heteroatoms. The van der Waals surface area contributed by atoms with Gasteiger partial charge in [0.05, 0.1) is 0 Å². The van der Waals surface area contributed by atoms with Crippen LogP contribution in [0.4, 0.5) is 0 Å². The molecule has 1 aliphatic rings. The van der Waals surface area contributed by atoms with Crippen molar-refractivity contribution in [2.45, 2.75) is 45.4 Å². The van der Waals surface area contributed by atoms with Crippen LogP contribution >= 0.6 is 0 Å². The van der Waals surface area contributed by atoms with Gasteiger partial charge < -0.3 is 14.6 Å². The van der Waals surface area contributed by atoms with Crippen LogP contribution in [-0.2, 0) is 0 Å². The minimum absolute atomic E-state index is 0.0435. The number of piperidine rings is 1. The zero-order valence-corrected chi connectivity index (χ0v) is 14.7. The van der Waals surface area contributed by atoms with E-state index in [1.165, 1.54) is 32.4 Å². The monoisotopic (exact) mass is 329 g/mol. The molecule has 24 heavy (non-hydrogen) atoms. The third kappa shape index (κ3) is 4.15. The number of amides is 1. The third-order valence-corrected chi connectivity index (χ3v) is 4.55. The summed E-state index contributed by atoms with van der Waals surface area (Å²) in [5.74, 6) is 0.909. The molecule has 2 aromatic rings. The van der Waals surface area contributed by atoms with E-state index < -0.39 is 0 Å². The van der Waals surface area contributed by atoms with Gasteiger partial charge in [0.1, 0.15) is 5.52 Å². The molecule has 2 heterocycles. The molecule has 1 aromatic heterocycles. The van der Waals surface area contributed by atoms with Crippen LogP contribution in [0.2, 0.25) is 0 Å². The lowest BCUT2D eigenvalue weighted by atomic mass is 10.1. The van der Waals surface area contributed by atoms with E-state index in [0.717, 1.165) is 18.5 Å². The standard InChI is InChI=1S/C19H27N3O2/c1-14(2)19-21-16-8-7-15(13-17(16)24-19)18(23)20-9-6-12-22-10-4-3-5-11-22/h7-8,13-14H,3-6,9-12H2,1-2H3,(H,20,23). The Morgan fingerprint density at radius 1 is 1.29 bits per heavy atom. The van der Waals surface area contributed by atoms with E-state index in [9.17, 15) is 4.79 Å². The minimum Gasteiger partial charge on any atom is -0.440 e. The number of nitrogens with one attached hydrogen (secondary N) is 1. The van der Waals surface area contributed by atoms with Crippen LogP contribution in [0.1, 0.15) is 61.7 Å². The van der Waals surface area contributed by atoms with Crippen LogP contribution in [-0.4, -0.2) is 42.0 Å². The zero-order chi connectivity index (χ0) is 16.9. The summed E-state index contributed by atoms with van der Waals surface area (Å²) < 4.78 is 5.73. The summed E-state index contributed by atoms with van der Waals surface area (Å²) in [6.45, 7) is 8.27. The third-order valence-electron chi connectivity index (χ3n) is 4.55. The van der Waals surface area contributed by atoms with Gasteiger partial charge in [-0.25, -0.2) is 4.98 Å². The van der Waals surface area contributed by atoms with Gasteiger partial charge in [0.25, 0.3) is 5.91 Å². The van der Waals surface area contributed by atoms with Crippen LogP contribution in [0.25, 0.3) is 11.1 Å². The number of hydrogen-bond donors (Lipinski definition) is 1. The second-order valence-corrected chi connectivity index (χ2v) is 6.90. The van der Waals surface area contributed by atoms with Gasteiger partial charge >= 0.3 is 0 Å². The van der Waals surface area contributed by atoms with Gasteiger partial charge in [-0.1, -0.05) is 20.3 Å². The lowest BCUT2D eigenvalue weighted by molar-refractivity contribution is 0.0951. The second kappa shape index (κ2) is 7.79. The van der Waals surface area contributed by atoms with E-state index in [-0.39, 0.29) is 11.8 Å². The van der Waals surface area contributed by atoms with Crippen LogP contribution in [0, 0.1) is 0 Å². The van der Waals surface area contributed by atoms with E-state index >= 15 is 0 Å². The number of fused-ring (bicyclic) bond motifs is 1. The van der Waals surface area contributed by atoms with Crippen LogP contribution in [0.3, 0.4) is 0 Å². The number of benzene rings is 1. The number of oxazole rings is 1. The highest BCUT2D eigenvalue weighted by Gasteiger charge is 2.13. The van der Waals surface area contributed by atoms with Gasteiger partial charge in [-0.05, 0) is 57.1 Å². The molecule has 3 rings (SSSR count). The Kier molecular flexibility index (Phi) is 5.51. The number of nitrogens with zero attached hydrogens (tertiary/aromatic N) is 2. The van der Waals surface area contributed by atoms with Crippen LogP contribution in [0.5, 0.6) is 0 Å². The second-order valence-electron chi connectivity index (χ2n) is 6.90.